The van der Waals surface area contributed by atoms with E-state index in [1.54, 1.807) is 24.3 Å². The van der Waals surface area contributed by atoms with Gasteiger partial charge in [0, 0.05) is 11.9 Å². The van der Waals surface area contributed by atoms with Crippen LogP contribution in [0.15, 0.2) is 24.3 Å². The Labute approximate surface area is 147 Å². The Kier molecular flexibility index (Phi) is 8.25. The van der Waals surface area contributed by atoms with Gasteiger partial charge in [-0.15, -0.1) is 0 Å². The zero-order chi connectivity index (χ0) is 18.3. The van der Waals surface area contributed by atoms with Gasteiger partial charge in [-0.2, -0.15) is 0 Å². The normalized spacial score (nSPS) is 13.3. The largest absolute Gasteiger partial charge is 0.475 e. The molecule has 0 aliphatic carbocycles. The first-order valence-electron chi connectivity index (χ1n) is 7.87. The fraction of sp³-hybridized carbons (Fsp3) is 0.500. The molecule has 0 fully saturated rings. The molecular formula is C16H24BClN2O4. The second kappa shape index (κ2) is 9.66. The van der Waals surface area contributed by atoms with Crippen LogP contribution in [0.4, 0.5) is 0 Å². The summed E-state index contributed by atoms with van der Waals surface area (Å²) in [5, 5.41) is 24.6. The molecule has 6 nitrogen and oxygen atoms in total. The van der Waals surface area contributed by atoms with Crippen LogP contribution in [0.25, 0.3) is 0 Å². The van der Waals surface area contributed by atoms with Crippen LogP contribution in [0.5, 0.6) is 0 Å². The Bertz CT molecular complexity index is 569. The average Bonchev–Trinajstić information content (AvgIpc) is 2.44. The molecule has 2 atom stereocenters. The summed E-state index contributed by atoms with van der Waals surface area (Å²) in [5.74, 6) is -1.22. The molecule has 8 heteroatoms. The molecule has 4 N–H and O–H groups in total. The van der Waals surface area contributed by atoms with Gasteiger partial charge in [-0.05, 0) is 30.0 Å². The average molecular weight is 355 g/mol. The predicted molar refractivity (Wildman–Crippen MR) is 94.2 cm³/mol. The maximum Gasteiger partial charge on any atom is 0.475 e. The molecule has 1 rings (SSSR count). The first-order valence-corrected chi connectivity index (χ1v) is 8.25. The van der Waals surface area contributed by atoms with Crippen molar-refractivity contribution in [3.05, 3.63) is 34.9 Å². The van der Waals surface area contributed by atoms with Gasteiger partial charge in [-0.1, -0.05) is 37.6 Å². The Morgan fingerprint density at radius 3 is 2.42 bits per heavy atom. The highest BCUT2D eigenvalue weighted by Crippen LogP contribution is 2.21. The Morgan fingerprint density at radius 2 is 1.92 bits per heavy atom. The van der Waals surface area contributed by atoms with Crippen molar-refractivity contribution in [2.45, 2.75) is 45.6 Å². The lowest BCUT2D eigenvalue weighted by atomic mass is 9.75. The quantitative estimate of drug-likeness (QED) is 0.531. The summed E-state index contributed by atoms with van der Waals surface area (Å²) in [7, 11) is -1.64. The molecule has 0 bridgehead atoms. The third kappa shape index (κ3) is 7.34. The number of benzene rings is 1. The number of halogens is 1. The molecule has 0 radical (unpaired) electrons. The van der Waals surface area contributed by atoms with Crippen molar-refractivity contribution in [3.63, 3.8) is 0 Å². The summed E-state index contributed by atoms with van der Waals surface area (Å²) in [4.78, 5) is 23.7. The van der Waals surface area contributed by atoms with Crippen molar-refractivity contribution in [3.8, 4) is 0 Å². The smallest absolute Gasteiger partial charge is 0.426 e. The van der Waals surface area contributed by atoms with Gasteiger partial charge in [0.2, 0.25) is 11.8 Å². The van der Waals surface area contributed by atoms with E-state index in [9.17, 15) is 19.6 Å². The van der Waals surface area contributed by atoms with Crippen LogP contribution in [-0.2, 0) is 9.59 Å². The van der Waals surface area contributed by atoms with Crippen LogP contribution in [0, 0.1) is 5.92 Å². The second-order valence-electron chi connectivity index (χ2n) is 6.23. The van der Waals surface area contributed by atoms with E-state index in [0.29, 0.717) is 17.0 Å². The number of rotatable bonds is 8. The van der Waals surface area contributed by atoms with Crippen molar-refractivity contribution < 1.29 is 19.6 Å². The van der Waals surface area contributed by atoms with Crippen LogP contribution in [-0.4, -0.2) is 34.9 Å². The minimum absolute atomic E-state index is 0.0266. The van der Waals surface area contributed by atoms with E-state index in [1.165, 1.54) is 6.92 Å². The minimum Gasteiger partial charge on any atom is -0.426 e. The van der Waals surface area contributed by atoms with E-state index in [0.717, 1.165) is 0 Å². The predicted octanol–water partition coefficient (Wildman–Crippen LogP) is 1.45. The molecule has 2 unspecified atom stereocenters. The molecule has 0 heterocycles. The van der Waals surface area contributed by atoms with Gasteiger partial charge in [0.1, 0.15) is 0 Å². The van der Waals surface area contributed by atoms with E-state index < -0.39 is 19.1 Å². The topological polar surface area (TPSA) is 98.7 Å². The van der Waals surface area contributed by atoms with Gasteiger partial charge in [-0.25, -0.2) is 0 Å². The maximum atomic E-state index is 12.3. The monoisotopic (exact) mass is 354 g/mol. The van der Waals surface area contributed by atoms with Crippen LogP contribution >= 0.6 is 11.6 Å². The number of carbonyl (C=O) groups excluding carboxylic acids is 2. The number of amides is 2. The van der Waals surface area contributed by atoms with E-state index in [4.69, 9.17) is 11.6 Å². The molecule has 0 spiro atoms. The molecular weight excluding hydrogens is 330 g/mol. The Hall–Kier alpha value is -1.57. The fourth-order valence-corrected chi connectivity index (χ4v) is 2.63. The van der Waals surface area contributed by atoms with E-state index in [1.807, 2.05) is 13.8 Å². The number of hydrogen-bond acceptors (Lipinski definition) is 4. The SMILES string of the molecule is CC(=O)NC(CC(=O)NC(CC(C)C)B(O)O)c1cccc(Cl)c1. The molecule has 0 aliphatic rings. The molecule has 0 aliphatic heterocycles. The number of carbonyl (C=O) groups is 2. The van der Waals surface area contributed by atoms with Gasteiger partial charge in [0.25, 0.3) is 0 Å². The van der Waals surface area contributed by atoms with Gasteiger partial charge in [-0.3, -0.25) is 9.59 Å². The lowest BCUT2D eigenvalue weighted by Gasteiger charge is -2.22. The molecule has 2 amide bonds. The Balaban J connectivity index is 2.82. The van der Waals surface area contributed by atoms with Crippen molar-refractivity contribution in [1.82, 2.24) is 10.6 Å². The van der Waals surface area contributed by atoms with Gasteiger partial charge < -0.3 is 20.7 Å². The summed E-state index contributed by atoms with van der Waals surface area (Å²) < 4.78 is 0. The van der Waals surface area contributed by atoms with Crippen molar-refractivity contribution in [2.24, 2.45) is 5.92 Å². The minimum atomic E-state index is -1.64. The second-order valence-corrected chi connectivity index (χ2v) is 6.67. The highest BCUT2D eigenvalue weighted by Gasteiger charge is 2.27. The van der Waals surface area contributed by atoms with Crippen LogP contribution in [0.2, 0.25) is 5.02 Å². The number of hydrogen-bond donors (Lipinski definition) is 4. The molecule has 0 saturated carbocycles. The third-order valence-electron chi connectivity index (χ3n) is 3.45. The standard InChI is InChI=1S/C16H24BClN2O4/c1-10(2)7-15(17(23)24)20-16(22)9-14(19-11(3)21)12-5-4-6-13(18)8-12/h4-6,8,10,14-15,23-24H,7,9H2,1-3H3,(H,19,21)(H,20,22). The highest BCUT2D eigenvalue weighted by molar-refractivity contribution is 6.43. The maximum absolute atomic E-state index is 12.3. The van der Waals surface area contributed by atoms with E-state index >= 15 is 0 Å². The molecule has 0 saturated heterocycles. The lowest BCUT2D eigenvalue weighted by molar-refractivity contribution is -0.123. The zero-order valence-corrected chi connectivity index (χ0v) is 14.9. The summed E-state index contributed by atoms with van der Waals surface area (Å²) in [6.07, 6.45) is 0.409. The summed E-state index contributed by atoms with van der Waals surface area (Å²) in [6, 6.07) is 6.35. The van der Waals surface area contributed by atoms with Gasteiger partial charge >= 0.3 is 7.12 Å². The lowest BCUT2D eigenvalue weighted by Crippen LogP contribution is -2.48. The zero-order valence-electron chi connectivity index (χ0n) is 14.1. The van der Waals surface area contributed by atoms with Crippen molar-refractivity contribution in [2.75, 3.05) is 0 Å². The van der Waals surface area contributed by atoms with Crippen LogP contribution in [0.1, 0.15) is 45.2 Å². The summed E-state index contributed by atoms with van der Waals surface area (Å²) in [5.41, 5.74) is 0.706. The molecule has 24 heavy (non-hydrogen) atoms. The highest BCUT2D eigenvalue weighted by atomic mass is 35.5. The van der Waals surface area contributed by atoms with Crippen LogP contribution in [0.3, 0.4) is 0 Å². The first kappa shape index (κ1) is 20.5. The van der Waals surface area contributed by atoms with Crippen molar-refractivity contribution in [1.29, 1.82) is 0 Å². The fourth-order valence-electron chi connectivity index (χ4n) is 2.44. The molecule has 1 aromatic carbocycles. The molecule has 132 valence electrons. The van der Waals surface area contributed by atoms with Crippen molar-refractivity contribution >= 4 is 30.5 Å². The first-order chi connectivity index (χ1) is 11.2. The Morgan fingerprint density at radius 1 is 1.25 bits per heavy atom. The molecule has 1 aromatic rings. The molecule has 0 aromatic heterocycles. The third-order valence-corrected chi connectivity index (χ3v) is 3.68. The van der Waals surface area contributed by atoms with Gasteiger partial charge in [0.05, 0.1) is 18.4 Å². The number of nitrogens with one attached hydrogen (secondary N) is 2. The van der Waals surface area contributed by atoms with E-state index in [-0.39, 0.29) is 24.2 Å². The summed E-state index contributed by atoms with van der Waals surface area (Å²) >= 11 is 5.97. The van der Waals surface area contributed by atoms with E-state index in [2.05, 4.69) is 10.6 Å². The summed E-state index contributed by atoms with van der Waals surface area (Å²) in [6.45, 7) is 5.22. The van der Waals surface area contributed by atoms with Gasteiger partial charge in [0.15, 0.2) is 0 Å². The van der Waals surface area contributed by atoms with Crippen LogP contribution < -0.4 is 10.6 Å².